The van der Waals surface area contributed by atoms with E-state index in [0.717, 1.165) is 6.42 Å². The summed E-state index contributed by atoms with van der Waals surface area (Å²) in [7, 11) is 1.79. The van der Waals surface area contributed by atoms with E-state index in [-0.39, 0.29) is 17.5 Å². The van der Waals surface area contributed by atoms with Gasteiger partial charge in [-0.05, 0) is 54.1 Å². The van der Waals surface area contributed by atoms with E-state index in [1.807, 2.05) is 32.6 Å². The quantitative estimate of drug-likeness (QED) is 0.682. The maximum Gasteiger partial charge on any atom is 0.320 e. The highest BCUT2D eigenvalue weighted by Crippen LogP contribution is 2.22. The van der Waals surface area contributed by atoms with Gasteiger partial charge in [0.15, 0.2) is 0 Å². The number of likely N-dealkylation sites (N-methyl/N-ethyl adjacent to an activating group) is 1. The molecule has 0 aliphatic carbocycles. The first kappa shape index (κ1) is 16.9. The average Bonchev–Trinajstić information content (AvgIpc) is 2.75. The molecule has 6 nitrogen and oxygen atoms in total. The minimum absolute atomic E-state index is 0.114. The van der Waals surface area contributed by atoms with Crippen LogP contribution in [0, 0.1) is 0 Å². The molecule has 0 aromatic carbocycles. The van der Waals surface area contributed by atoms with E-state index < -0.39 is 18.1 Å². The molecule has 116 valence electrons. The van der Waals surface area contributed by atoms with Crippen molar-refractivity contribution in [2.45, 2.75) is 64.2 Å². The summed E-state index contributed by atoms with van der Waals surface area (Å²) in [6.07, 6.45) is 1.41. The number of likely N-dealkylation sites (tertiary alicyclic amines) is 1. The summed E-state index contributed by atoms with van der Waals surface area (Å²) >= 11 is 0. The maximum absolute atomic E-state index is 12.5. The van der Waals surface area contributed by atoms with E-state index in [1.165, 1.54) is 0 Å². The molecule has 0 aromatic rings. The standard InChI is InChI=1S/C14H27N3O3/c1-9(15-5)11(12(18)16-14(2,3)4)17-8-6-7-10(17)13(19)20/h9-11,15H,6-8H2,1-5H3,(H,16,18)(H,19,20)/t9-,10-,11-/m0/s1. The van der Waals surface area contributed by atoms with Crippen LogP contribution in [-0.2, 0) is 9.59 Å². The van der Waals surface area contributed by atoms with Crippen LogP contribution in [0.2, 0.25) is 0 Å². The molecule has 0 aromatic heterocycles. The fraction of sp³-hybridized carbons (Fsp3) is 0.857. The third-order valence-electron chi connectivity index (χ3n) is 3.63. The van der Waals surface area contributed by atoms with Gasteiger partial charge in [0.1, 0.15) is 12.1 Å². The summed E-state index contributed by atoms with van der Waals surface area (Å²) in [6, 6.07) is -1.15. The van der Waals surface area contributed by atoms with Crippen molar-refractivity contribution in [3.8, 4) is 0 Å². The number of nitrogens with zero attached hydrogens (tertiary/aromatic N) is 1. The number of carbonyl (C=O) groups is 2. The molecule has 1 aliphatic heterocycles. The Bertz CT molecular complexity index is 365. The van der Waals surface area contributed by atoms with E-state index in [4.69, 9.17) is 0 Å². The average molecular weight is 285 g/mol. The van der Waals surface area contributed by atoms with E-state index in [0.29, 0.717) is 13.0 Å². The Hall–Kier alpha value is -1.14. The van der Waals surface area contributed by atoms with Gasteiger partial charge in [0, 0.05) is 11.6 Å². The summed E-state index contributed by atoms with van der Waals surface area (Å²) < 4.78 is 0. The van der Waals surface area contributed by atoms with Crippen LogP contribution in [0.3, 0.4) is 0 Å². The second-order valence-corrected chi connectivity index (χ2v) is 6.50. The van der Waals surface area contributed by atoms with Gasteiger partial charge in [0.25, 0.3) is 0 Å². The van der Waals surface area contributed by atoms with Gasteiger partial charge in [-0.2, -0.15) is 0 Å². The van der Waals surface area contributed by atoms with Crippen LogP contribution >= 0.6 is 0 Å². The van der Waals surface area contributed by atoms with Crippen LogP contribution < -0.4 is 10.6 Å². The van der Waals surface area contributed by atoms with Crippen molar-refractivity contribution in [1.29, 1.82) is 0 Å². The fourth-order valence-electron chi connectivity index (χ4n) is 2.65. The number of amides is 1. The predicted octanol–water partition coefficient (Wildman–Crippen LogP) is 0.427. The molecule has 1 rings (SSSR count). The van der Waals surface area contributed by atoms with Gasteiger partial charge < -0.3 is 15.7 Å². The summed E-state index contributed by atoms with van der Waals surface area (Å²) in [6.45, 7) is 8.31. The maximum atomic E-state index is 12.5. The van der Waals surface area contributed by atoms with Gasteiger partial charge >= 0.3 is 5.97 Å². The number of hydrogen-bond donors (Lipinski definition) is 3. The Labute approximate surface area is 120 Å². The molecule has 1 aliphatic rings. The van der Waals surface area contributed by atoms with Crippen LogP contribution in [0.4, 0.5) is 0 Å². The second-order valence-electron chi connectivity index (χ2n) is 6.50. The topological polar surface area (TPSA) is 81.7 Å². The molecule has 0 spiro atoms. The largest absolute Gasteiger partial charge is 0.480 e. The summed E-state index contributed by atoms with van der Waals surface area (Å²) in [5, 5.41) is 15.3. The first-order valence-electron chi connectivity index (χ1n) is 7.15. The van der Waals surface area contributed by atoms with Gasteiger partial charge in [-0.3, -0.25) is 14.5 Å². The van der Waals surface area contributed by atoms with Crippen molar-refractivity contribution in [2.75, 3.05) is 13.6 Å². The highest BCUT2D eigenvalue weighted by atomic mass is 16.4. The number of carboxylic acid groups (broad SMARTS) is 1. The van der Waals surface area contributed by atoms with Crippen molar-refractivity contribution in [2.24, 2.45) is 0 Å². The summed E-state index contributed by atoms with van der Waals surface area (Å²) in [5.74, 6) is -0.966. The number of hydrogen-bond acceptors (Lipinski definition) is 4. The monoisotopic (exact) mass is 285 g/mol. The van der Waals surface area contributed by atoms with Gasteiger partial charge in [-0.15, -0.1) is 0 Å². The van der Waals surface area contributed by atoms with Crippen LogP contribution in [0.5, 0.6) is 0 Å². The molecular weight excluding hydrogens is 258 g/mol. The Morgan fingerprint density at radius 2 is 1.95 bits per heavy atom. The number of aliphatic carboxylic acids is 1. The molecule has 20 heavy (non-hydrogen) atoms. The van der Waals surface area contributed by atoms with Crippen molar-refractivity contribution < 1.29 is 14.7 Å². The molecule has 1 amide bonds. The number of carboxylic acids is 1. The van der Waals surface area contributed by atoms with Crippen LogP contribution in [0.25, 0.3) is 0 Å². The van der Waals surface area contributed by atoms with E-state index in [9.17, 15) is 14.7 Å². The zero-order valence-corrected chi connectivity index (χ0v) is 13.1. The smallest absolute Gasteiger partial charge is 0.320 e. The molecule has 1 fully saturated rings. The molecular formula is C14H27N3O3. The van der Waals surface area contributed by atoms with Gasteiger partial charge in [0.2, 0.25) is 5.91 Å². The minimum atomic E-state index is -0.848. The zero-order valence-electron chi connectivity index (χ0n) is 13.1. The Morgan fingerprint density at radius 3 is 2.40 bits per heavy atom. The van der Waals surface area contributed by atoms with E-state index in [1.54, 1.807) is 7.05 Å². The Kier molecular flexibility index (Phi) is 5.53. The first-order chi connectivity index (χ1) is 9.17. The van der Waals surface area contributed by atoms with Crippen molar-refractivity contribution in [3.63, 3.8) is 0 Å². The van der Waals surface area contributed by atoms with Crippen LogP contribution in [0.1, 0.15) is 40.5 Å². The second kappa shape index (κ2) is 6.54. The lowest BCUT2D eigenvalue weighted by atomic mass is 10.0. The Morgan fingerprint density at radius 1 is 1.35 bits per heavy atom. The first-order valence-corrected chi connectivity index (χ1v) is 7.15. The van der Waals surface area contributed by atoms with E-state index >= 15 is 0 Å². The summed E-state index contributed by atoms with van der Waals surface area (Å²) in [5.41, 5.74) is -0.332. The SMILES string of the molecule is CN[C@@H](C)[C@@H](C(=O)NC(C)(C)C)N1CCC[C@H]1C(=O)O. The van der Waals surface area contributed by atoms with E-state index in [2.05, 4.69) is 10.6 Å². The van der Waals surface area contributed by atoms with Crippen molar-refractivity contribution in [3.05, 3.63) is 0 Å². The molecule has 1 heterocycles. The van der Waals surface area contributed by atoms with Crippen molar-refractivity contribution >= 4 is 11.9 Å². The van der Waals surface area contributed by atoms with Crippen molar-refractivity contribution in [1.82, 2.24) is 15.5 Å². The molecule has 1 saturated heterocycles. The molecule has 0 radical (unpaired) electrons. The number of nitrogens with one attached hydrogen (secondary N) is 2. The predicted molar refractivity (Wildman–Crippen MR) is 77.6 cm³/mol. The normalized spacial score (nSPS) is 23.4. The molecule has 6 heteroatoms. The van der Waals surface area contributed by atoms with Gasteiger partial charge in [0.05, 0.1) is 0 Å². The summed E-state index contributed by atoms with van der Waals surface area (Å²) in [4.78, 5) is 25.7. The Balaban J connectivity index is 2.94. The van der Waals surface area contributed by atoms with Crippen LogP contribution in [0.15, 0.2) is 0 Å². The molecule has 0 saturated carbocycles. The van der Waals surface area contributed by atoms with Crippen LogP contribution in [-0.4, -0.2) is 59.1 Å². The third-order valence-corrected chi connectivity index (χ3v) is 3.63. The highest BCUT2D eigenvalue weighted by molar-refractivity contribution is 5.84. The number of carbonyl (C=O) groups excluding carboxylic acids is 1. The molecule has 3 atom stereocenters. The minimum Gasteiger partial charge on any atom is -0.480 e. The lowest BCUT2D eigenvalue weighted by Gasteiger charge is -2.36. The molecule has 0 unspecified atom stereocenters. The third kappa shape index (κ3) is 4.18. The fourth-order valence-corrected chi connectivity index (χ4v) is 2.65. The zero-order chi connectivity index (χ0) is 15.5. The lowest BCUT2D eigenvalue weighted by Crippen LogP contribution is -2.60. The molecule has 0 bridgehead atoms. The van der Waals surface area contributed by atoms with Gasteiger partial charge in [-0.1, -0.05) is 0 Å². The van der Waals surface area contributed by atoms with Gasteiger partial charge in [-0.25, -0.2) is 0 Å². The highest BCUT2D eigenvalue weighted by Gasteiger charge is 2.41. The lowest BCUT2D eigenvalue weighted by molar-refractivity contribution is -0.144. The molecule has 3 N–H and O–H groups in total. The number of rotatable bonds is 5.